The zero-order valence-corrected chi connectivity index (χ0v) is 10.4. The van der Waals surface area contributed by atoms with Crippen molar-refractivity contribution in [3.63, 3.8) is 0 Å². The lowest BCUT2D eigenvalue weighted by molar-refractivity contribution is 0.0601. The first-order valence-corrected chi connectivity index (χ1v) is 5.68. The van der Waals surface area contributed by atoms with Gasteiger partial charge in [0.2, 0.25) is 0 Å². The minimum Gasteiger partial charge on any atom is -0.465 e. The largest absolute Gasteiger partial charge is 0.465 e. The van der Waals surface area contributed by atoms with E-state index in [1.54, 1.807) is 30.3 Å². The van der Waals surface area contributed by atoms with Crippen LogP contribution >= 0.6 is 0 Å². The van der Waals surface area contributed by atoms with E-state index in [1.807, 2.05) is 18.2 Å². The molecule has 0 aromatic heterocycles. The van der Waals surface area contributed by atoms with Crippen LogP contribution in [0.25, 0.3) is 0 Å². The van der Waals surface area contributed by atoms with Crippen LogP contribution in [-0.2, 0) is 4.74 Å². The SMILES string of the molecule is COC(=O)c1cccc(Nc2ccc(C#N)cc2)c1. The minimum absolute atomic E-state index is 0.372. The maximum atomic E-state index is 11.4. The van der Waals surface area contributed by atoms with Crippen LogP contribution in [0.2, 0.25) is 0 Å². The molecule has 0 saturated heterocycles. The molecule has 0 radical (unpaired) electrons. The summed E-state index contributed by atoms with van der Waals surface area (Å²) in [6, 6.07) is 16.2. The smallest absolute Gasteiger partial charge is 0.337 e. The van der Waals surface area contributed by atoms with Crippen molar-refractivity contribution in [2.45, 2.75) is 0 Å². The number of methoxy groups -OCH3 is 1. The number of anilines is 2. The molecule has 4 nitrogen and oxygen atoms in total. The van der Waals surface area contributed by atoms with Gasteiger partial charge in [0.1, 0.15) is 0 Å². The normalized spacial score (nSPS) is 9.47. The van der Waals surface area contributed by atoms with Gasteiger partial charge in [0, 0.05) is 11.4 Å². The van der Waals surface area contributed by atoms with Crippen LogP contribution < -0.4 is 5.32 Å². The van der Waals surface area contributed by atoms with Gasteiger partial charge in [-0.25, -0.2) is 4.79 Å². The first kappa shape index (κ1) is 12.7. The summed E-state index contributed by atoms with van der Waals surface area (Å²) in [5.74, 6) is -0.372. The topological polar surface area (TPSA) is 62.1 Å². The van der Waals surface area contributed by atoms with E-state index >= 15 is 0 Å². The number of nitrogens with one attached hydrogen (secondary N) is 1. The predicted molar refractivity (Wildman–Crippen MR) is 72.2 cm³/mol. The van der Waals surface area contributed by atoms with Crippen LogP contribution in [0.4, 0.5) is 11.4 Å². The summed E-state index contributed by atoms with van der Waals surface area (Å²) >= 11 is 0. The van der Waals surface area contributed by atoms with Gasteiger partial charge in [-0.15, -0.1) is 0 Å². The highest BCUT2D eigenvalue weighted by Crippen LogP contribution is 2.18. The Morgan fingerprint density at radius 2 is 1.89 bits per heavy atom. The molecule has 2 aromatic rings. The van der Waals surface area contributed by atoms with Gasteiger partial charge in [0.05, 0.1) is 24.3 Å². The highest BCUT2D eigenvalue weighted by atomic mass is 16.5. The molecule has 19 heavy (non-hydrogen) atoms. The molecule has 0 fully saturated rings. The zero-order chi connectivity index (χ0) is 13.7. The molecule has 0 atom stereocenters. The summed E-state index contributed by atoms with van der Waals surface area (Å²) in [4.78, 5) is 11.4. The summed E-state index contributed by atoms with van der Waals surface area (Å²) in [5, 5.41) is 11.9. The molecular formula is C15H12N2O2. The molecule has 1 N–H and O–H groups in total. The molecule has 0 aliphatic carbocycles. The van der Waals surface area contributed by atoms with Crippen LogP contribution in [-0.4, -0.2) is 13.1 Å². The summed E-state index contributed by atoms with van der Waals surface area (Å²) in [6.45, 7) is 0. The number of rotatable bonds is 3. The van der Waals surface area contributed by atoms with Crippen molar-refractivity contribution >= 4 is 17.3 Å². The highest BCUT2D eigenvalue weighted by molar-refractivity contribution is 5.90. The van der Waals surface area contributed by atoms with Crippen molar-refractivity contribution in [1.82, 2.24) is 0 Å². The van der Waals surface area contributed by atoms with E-state index in [0.717, 1.165) is 11.4 Å². The average molecular weight is 252 g/mol. The molecular weight excluding hydrogens is 240 g/mol. The molecule has 2 aromatic carbocycles. The van der Waals surface area contributed by atoms with Crippen LogP contribution in [0.15, 0.2) is 48.5 Å². The van der Waals surface area contributed by atoms with Crippen molar-refractivity contribution in [2.24, 2.45) is 0 Å². The quantitative estimate of drug-likeness (QED) is 0.853. The van der Waals surface area contributed by atoms with Gasteiger partial charge in [-0.2, -0.15) is 5.26 Å². The second-order valence-electron chi connectivity index (χ2n) is 3.89. The third kappa shape index (κ3) is 3.11. The van der Waals surface area contributed by atoms with Crippen LogP contribution in [0.5, 0.6) is 0 Å². The Morgan fingerprint density at radius 3 is 2.53 bits per heavy atom. The van der Waals surface area contributed by atoms with Gasteiger partial charge in [0.15, 0.2) is 0 Å². The van der Waals surface area contributed by atoms with Gasteiger partial charge in [-0.05, 0) is 42.5 Å². The number of benzene rings is 2. The van der Waals surface area contributed by atoms with Crippen molar-refractivity contribution in [2.75, 3.05) is 12.4 Å². The molecule has 2 rings (SSSR count). The maximum Gasteiger partial charge on any atom is 0.337 e. The van der Waals surface area contributed by atoms with Gasteiger partial charge in [-0.3, -0.25) is 0 Å². The van der Waals surface area contributed by atoms with Crippen LogP contribution in [0.3, 0.4) is 0 Å². The molecule has 0 heterocycles. The maximum absolute atomic E-state index is 11.4. The van der Waals surface area contributed by atoms with E-state index < -0.39 is 0 Å². The molecule has 94 valence electrons. The summed E-state index contributed by atoms with van der Waals surface area (Å²) in [5.41, 5.74) is 2.73. The van der Waals surface area contributed by atoms with E-state index in [9.17, 15) is 4.79 Å². The molecule has 0 amide bonds. The number of nitrogens with zero attached hydrogens (tertiary/aromatic N) is 1. The van der Waals surface area contributed by atoms with Crippen molar-refractivity contribution < 1.29 is 9.53 Å². The monoisotopic (exact) mass is 252 g/mol. The number of carbonyl (C=O) groups excluding carboxylic acids is 1. The Kier molecular flexibility index (Phi) is 3.79. The molecule has 0 unspecified atom stereocenters. The van der Waals surface area contributed by atoms with Gasteiger partial charge in [-0.1, -0.05) is 6.07 Å². The third-order valence-electron chi connectivity index (χ3n) is 2.59. The van der Waals surface area contributed by atoms with Crippen LogP contribution in [0.1, 0.15) is 15.9 Å². The van der Waals surface area contributed by atoms with E-state index in [4.69, 9.17) is 5.26 Å². The second kappa shape index (κ2) is 5.69. The fourth-order valence-corrected chi connectivity index (χ4v) is 1.64. The summed E-state index contributed by atoms with van der Waals surface area (Å²) in [7, 11) is 1.35. The average Bonchev–Trinajstić information content (AvgIpc) is 2.47. The first-order chi connectivity index (χ1) is 9.22. The highest BCUT2D eigenvalue weighted by Gasteiger charge is 2.05. The third-order valence-corrected chi connectivity index (χ3v) is 2.59. The lowest BCUT2D eigenvalue weighted by atomic mass is 10.2. The molecule has 0 saturated carbocycles. The van der Waals surface area contributed by atoms with Crippen molar-refractivity contribution in [3.8, 4) is 6.07 Å². The number of hydrogen-bond acceptors (Lipinski definition) is 4. The number of ether oxygens (including phenoxy) is 1. The standard InChI is InChI=1S/C15H12N2O2/c1-19-15(18)12-3-2-4-14(9-12)17-13-7-5-11(10-16)6-8-13/h2-9,17H,1H3. The number of esters is 1. The fourth-order valence-electron chi connectivity index (χ4n) is 1.64. The predicted octanol–water partition coefficient (Wildman–Crippen LogP) is 3.09. The number of nitriles is 1. The number of hydrogen-bond donors (Lipinski definition) is 1. The lowest BCUT2D eigenvalue weighted by Gasteiger charge is -2.07. The molecule has 0 aliphatic heterocycles. The molecule has 0 bridgehead atoms. The number of carbonyl (C=O) groups is 1. The first-order valence-electron chi connectivity index (χ1n) is 5.68. The van der Waals surface area contributed by atoms with Crippen LogP contribution in [0, 0.1) is 11.3 Å². The Bertz CT molecular complexity index is 627. The summed E-state index contributed by atoms with van der Waals surface area (Å²) < 4.78 is 4.67. The molecule has 4 heteroatoms. The Balaban J connectivity index is 2.18. The van der Waals surface area contributed by atoms with E-state index in [1.165, 1.54) is 7.11 Å². The fraction of sp³-hybridized carbons (Fsp3) is 0.0667. The Labute approximate surface area is 111 Å². The second-order valence-corrected chi connectivity index (χ2v) is 3.89. The van der Waals surface area contributed by atoms with E-state index in [0.29, 0.717) is 11.1 Å². The molecule has 0 aliphatic rings. The summed E-state index contributed by atoms with van der Waals surface area (Å²) in [6.07, 6.45) is 0. The van der Waals surface area contributed by atoms with Gasteiger partial charge in [0.25, 0.3) is 0 Å². The minimum atomic E-state index is -0.372. The Hall–Kier alpha value is -2.80. The van der Waals surface area contributed by atoms with Crippen molar-refractivity contribution in [1.29, 1.82) is 5.26 Å². The van der Waals surface area contributed by atoms with Gasteiger partial charge < -0.3 is 10.1 Å². The Morgan fingerprint density at radius 1 is 1.16 bits per heavy atom. The van der Waals surface area contributed by atoms with E-state index in [-0.39, 0.29) is 5.97 Å². The van der Waals surface area contributed by atoms with Gasteiger partial charge >= 0.3 is 5.97 Å². The van der Waals surface area contributed by atoms with Crippen molar-refractivity contribution in [3.05, 3.63) is 59.7 Å². The van der Waals surface area contributed by atoms with E-state index in [2.05, 4.69) is 16.1 Å². The lowest BCUT2D eigenvalue weighted by Crippen LogP contribution is -2.01. The zero-order valence-electron chi connectivity index (χ0n) is 10.4. The molecule has 0 spiro atoms.